The summed E-state index contributed by atoms with van der Waals surface area (Å²) in [6.45, 7) is 5.93. The molecule has 0 radical (unpaired) electrons. The van der Waals surface area contributed by atoms with E-state index >= 15 is 0 Å². The number of hydrogen-bond donors (Lipinski definition) is 1. The summed E-state index contributed by atoms with van der Waals surface area (Å²) < 4.78 is 5.53. The summed E-state index contributed by atoms with van der Waals surface area (Å²) in [5.41, 5.74) is 2.14. The van der Waals surface area contributed by atoms with E-state index in [4.69, 9.17) is 4.42 Å². The zero-order chi connectivity index (χ0) is 11.0. The summed E-state index contributed by atoms with van der Waals surface area (Å²) in [5.74, 6) is 2.70. The highest BCUT2D eigenvalue weighted by atomic mass is 16.3. The van der Waals surface area contributed by atoms with Gasteiger partial charge in [0.25, 0.3) is 0 Å². The molecule has 1 aliphatic carbocycles. The molecule has 0 amide bonds. The smallest absolute Gasteiger partial charge is 0.107 e. The number of furan rings is 1. The van der Waals surface area contributed by atoms with Crippen LogP contribution in [-0.4, -0.2) is 5.11 Å². The number of hydrogen-bond acceptors (Lipinski definition) is 2. The molecule has 2 heteroatoms. The van der Waals surface area contributed by atoms with Crippen LogP contribution in [-0.2, 0) is 0 Å². The van der Waals surface area contributed by atoms with Crippen LogP contribution in [0.2, 0.25) is 0 Å². The van der Waals surface area contributed by atoms with Crippen LogP contribution >= 0.6 is 0 Å². The highest BCUT2D eigenvalue weighted by Gasteiger charge is 2.24. The van der Waals surface area contributed by atoms with Crippen molar-refractivity contribution in [1.82, 2.24) is 0 Å². The van der Waals surface area contributed by atoms with Gasteiger partial charge in [0.1, 0.15) is 11.5 Å². The highest BCUT2D eigenvalue weighted by molar-refractivity contribution is 5.33. The van der Waals surface area contributed by atoms with E-state index in [2.05, 4.69) is 0 Å². The minimum Gasteiger partial charge on any atom is -0.466 e. The van der Waals surface area contributed by atoms with Crippen LogP contribution in [0.5, 0.6) is 0 Å². The third-order valence-electron chi connectivity index (χ3n) is 3.50. The summed E-state index contributed by atoms with van der Waals surface area (Å²) in [5, 5.41) is 10.1. The van der Waals surface area contributed by atoms with Gasteiger partial charge in [-0.1, -0.05) is 12.8 Å². The minimum absolute atomic E-state index is 0.331. The SMILES string of the molecule is Cc1oc(C)c(C(O)CCC2CC2)c1C. The van der Waals surface area contributed by atoms with Crippen molar-refractivity contribution in [2.24, 2.45) is 5.92 Å². The molecule has 1 aromatic heterocycles. The molecule has 1 fully saturated rings. The van der Waals surface area contributed by atoms with E-state index in [9.17, 15) is 5.11 Å². The minimum atomic E-state index is -0.331. The first-order chi connectivity index (χ1) is 7.09. The van der Waals surface area contributed by atoms with Gasteiger partial charge in [0.15, 0.2) is 0 Å². The molecule has 2 nitrogen and oxygen atoms in total. The molecule has 1 aliphatic rings. The van der Waals surface area contributed by atoms with Gasteiger partial charge in [0.05, 0.1) is 6.10 Å². The molecule has 0 saturated heterocycles. The Kier molecular flexibility index (Phi) is 2.87. The Morgan fingerprint density at radius 1 is 1.27 bits per heavy atom. The van der Waals surface area contributed by atoms with Gasteiger partial charge in [-0.25, -0.2) is 0 Å². The topological polar surface area (TPSA) is 33.4 Å². The molecular formula is C13H20O2. The molecule has 84 valence electrons. The second-order valence-corrected chi connectivity index (χ2v) is 4.79. The predicted octanol–water partition coefficient (Wildman–Crippen LogP) is 3.43. The van der Waals surface area contributed by atoms with E-state index in [0.29, 0.717) is 0 Å². The molecule has 1 N–H and O–H groups in total. The van der Waals surface area contributed by atoms with Crippen LogP contribution in [0, 0.1) is 26.7 Å². The summed E-state index contributed by atoms with van der Waals surface area (Å²) in [4.78, 5) is 0. The average Bonchev–Trinajstić information content (AvgIpc) is 2.94. The van der Waals surface area contributed by atoms with Crippen molar-refractivity contribution in [3.05, 3.63) is 22.6 Å². The Labute approximate surface area is 91.3 Å². The summed E-state index contributed by atoms with van der Waals surface area (Å²) in [6, 6.07) is 0. The van der Waals surface area contributed by atoms with Crippen molar-refractivity contribution >= 4 is 0 Å². The van der Waals surface area contributed by atoms with Crippen molar-refractivity contribution in [3.63, 3.8) is 0 Å². The van der Waals surface area contributed by atoms with Crippen molar-refractivity contribution in [2.75, 3.05) is 0 Å². The fourth-order valence-electron chi connectivity index (χ4n) is 2.24. The number of aliphatic hydroxyl groups is 1. The van der Waals surface area contributed by atoms with Crippen molar-refractivity contribution < 1.29 is 9.52 Å². The van der Waals surface area contributed by atoms with E-state index in [0.717, 1.165) is 41.4 Å². The first-order valence-electron chi connectivity index (χ1n) is 5.84. The predicted molar refractivity (Wildman–Crippen MR) is 59.8 cm³/mol. The van der Waals surface area contributed by atoms with Crippen molar-refractivity contribution in [3.8, 4) is 0 Å². The van der Waals surface area contributed by atoms with Gasteiger partial charge in [-0.3, -0.25) is 0 Å². The van der Waals surface area contributed by atoms with Crippen LogP contribution in [0.3, 0.4) is 0 Å². The van der Waals surface area contributed by atoms with Crippen LogP contribution < -0.4 is 0 Å². The average molecular weight is 208 g/mol. The molecule has 0 spiro atoms. The van der Waals surface area contributed by atoms with Gasteiger partial charge >= 0.3 is 0 Å². The normalized spacial score (nSPS) is 18.1. The molecule has 2 rings (SSSR count). The summed E-state index contributed by atoms with van der Waals surface area (Å²) >= 11 is 0. The maximum absolute atomic E-state index is 10.1. The maximum atomic E-state index is 10.1. The fourth-order valence-corrected chi connectivity index (χ4v) is 2.24. The Morgan fingerprint density at radius 3 is 2.40 bits per heavy atom. The number of aliphatic hydroxyl groups excluding tert-OH is 1. The molecule has 0 aromatic carbocycles. The van der Waals surface area contributed by atoms with Gasteiger partial charge in [0, 0.05) is 5.56 Å². The lowest BCUT2D eigenvalue weighted by atomic mass is 10.00. The van der Waals surface area contributed by atoms with E-state index in [1.807, 2.05) is 20.8 Å². The standard InChI is InChI=1S/C13H20O2/c1-8-9(2)15-10(3)13(8)12(14)7-6-11-4-5-11/h11-12,14H,4-7H2,1-3H3. The molecule has 1 aromatic rings. The highest BCUT2D eigenvalue weighted by Crippen LogP contribution is 2.37. The molecule has 1 unspecified atom stereocenters. The second-order valence-electron chi connectivity index (χ2n) is 4.79. The molecule has 1 heterocycles. The Bertz CT molecular complexity index is 348. The fraction of sp³-hybridized carbons (Fsp3) is 0.692. The Hall–Kier alpha value is -0.760. The number of rotatable bonds is 4. The lowest BCUT2D eigenvalue weighted by molar-refractivity contribution is 0.160. The molecular weight excluding hydrogens is 188 g/mol. The number of aryl methyl sites for hydroxylation is 2. The van der Waals surface area contributed by atoms with Crippen LogP contribution in [0.25, 0.3) is 0 Å². The summed E-state index contributed by atoms with van der Waals surface area (Å²) in [7, 11) is 0. The second kappa shape index (κ2) is 4.01. The molecule has 1 saturated carbocycles. The first kappa shape index (κ1) is 10.7. The molecule has 15 heavy (non-hydrogen) atoms. The lowest BCUT2D eigenvalue weighted by Gasteiger charge is -2.10. The zero-order valence-electron chi connectivity index (χ0n) is 9.84. The van der Waals surface area contributed by atoms with Crippen LogP contribution in [0.4, 0.5) is 0 Å². The van der Waals surface area contributed by atoms with E-state index in [-0.39, 0.29) is 6.10 Å². The molecule has 1 atom stereocenters. The van der Waals surface area contributed by atoms with Crippen LogP contribution in [0.1, 0.15) is 54.4 Å². The van der Waals surface area contributed by atoms with Gasteiger partial charge in [-0.15, -0.1) is 0 Å². The van der Waals surface area contributed by atoms with E-state index in [1.165, 1.54) is 12.8 Å². The summed E-state index contributed by atoms with van der Waals surface area (Å²) in [6.07, 6.45) is 4.42. The lowest BCUT2D eigenvalue weighted by Crippen LogP contribution is -2.00. The van der Waals surface area contributed by atoms with Gasteiger partial charge in [-0.05, 0) is 45.1 Å². The van der Waals surface area contributed by atoms with Crippen molar-refractivity contribution in [2.45, 2.75) is 52.6 Å². The first-order valence-corrected chi connectivity index (χ1v) is 5.84. The largest absolute Gasteiger partial charge is 0.466 e. The van der Waals surface area contributed by atoms with E-state index < -0.39 is 0 Å². The monoisotopic (exact) mass is 208 g/mol. The van der Waals surface area contributed by atoms with Gasteiger partial charge in [-0.2, -0.15) is 0 Å². The van der Waals surface area contributed by atoms with Gasteiger partial charge in [0.2, 0.25) is 0 Å². The maximum Gasteiger partial charge on any atom is 0.107 e. The zero-order valence-corrected chi connectivity index (χ0v) is 9.84. The Balaban J connectivity index is 2.05. The van der Waals surface area contributed by atoms with Crippen molar-refractivity contribution in [1.29, 1.82) is 0 Å². The molecule has 0 aliphatic heterocycles. The third kappa shape index (κ3) is 2.25. The third-order valence-corrected chi connectivity index (χ3v) is 3.50. The Morgan fingerprint density at radius 2 is 1.93 bits per heavy atom. The quantitative estimate of drug-likeness (QED) is 0.822. The molecule has 0 bridgehead atoms. The van der Waals surface area contributed by atoms with E-state index in [1.54, 1.807) is 0 Å². The van der Waals surface area contributed by atoms with Gasteiger partial charge < -0.3 is 9.52 Å². The van der Waals surface area contributed by atoms with Crippen LogP contribution in [0.15, 0.2) is 4.42 Å².